The van der Waals surface area contributed by atoms with E-state index in [0.29, 0.717) is 17.0 Å². The first kappa shape index (κ1) is 19.2. The fraction of sp³-hybridized carbons (Fsp3) is 0.0526. The van der Waals surface area contributed by atoms with Gasteiger partial charge in [0.25, 0.3) is 17.7 Å². The Balaban J connectivity index is 1.86. The Morgan fingerprint density at radius 3 is 2.39 bits per heavy atom. The zero-order valence-electron chi connectivity index (χ0n) is 14.3. The molecule has 0 atom stereocenters. The van der Waals surface area contributed by atoms with Gasteiger partial charge >= 0.3 is 0 Å². The number of hydrogen-bond acceptors (Lipinski definition) is 5. The molecule has 2 aromatic carbocycles. The lowest BCUT2D eigenvalue weighted by molar-refractivity contribution is -0.122. The van der Waals surface area contributed by atoms with Gasteiger partial charge in [0.2, 0.25) is 0 Å². The number of carbonyl (C=O) groups is 3. The fourth-order valence-electron chi connectivity index (χ4n) is 2.46. The average Bonchev–Trinajstić information content (AvgIpc) is 2.66. The molecule has 1 saturated heterocycles. The summed E-state index contributed by atoms with van der Waals surface area (Å²) in [5.74, 6) is -1.92. The second-order valence-electron chi connectivity index (χ2n) is 5.76. The highest BCUT2D eigenvalue weighted by molar-refractivity contribution is 7.80. The first-order chi connectivity index (χ1) is 13.3. The molecule has 9 heteroatoms. The van der Waals surface area contributed by atoms with Crippen molar-refractivity contribution in [2.45, 2.75) is 0 Å². The van der Waals surface area contributed by atoms with Crippen molar-refractivity contribution in [3.05, 3.63) is 65.5 Å². The van der Waals surface area contributed by atoms with Crippen molar-refractivity contribution in [2.24, 2.45) is 5.73 Å². The van der Waals surface area contributed by atoms with Gasteiger partial charge in [-0.05, 0) is 60.3 Å². The van der Waals surface area contributed by atoms with Crippen LogP contribution in [0, 0.1) is 5.82 Å². The molecule has 0 aliphatic carbocycles. The number of carbonyl (C=O) groups excluding carboxylic acids is 3. The molecule has 7 nitrogen and oxygen atoms in total. The number of amides is 3. The van der Waals surface area contributed by atoms with E-state index >= 15 is 0 Å². The molecule has 0 unspecified atom stereocenters. The fourth-order valence-corrected chi connectivity index (χ4v) is 2.74. The average molecular weight is 399 g/mol. The maximum atomic E-state index is 13.2. The molecule has 3 amide bonds. The molecule has 3 rings (SSSR count). The van der Waals surface area contributed by atoms with Crippen LogP contribution < -0.4 is 20.7 Å². The van der Waals surface area contributed by atoms with Crippen LogP contribution in [0.5, 0.6) is 5.75 Å². The molecule has 0 saturated carbocycles. The number of nitrogens with two attached hydrogens (primary N) is 1. The van der Waals surface area contributed by atoms with Gasteiger partial charge in [-0.2, -0.15) is 0 Å². The van der Waals surface area contributed by atoms with E-state index in [0.717, 1.165) is 4.90 Å². The normalized spacial score (nSPS) is 15.5. The monoisotopic (exact) mass is 399 g/mol. The van der Waals surface area contributed by atoms with Gasteiger partial charge in [0, 0.05) is 0 Å². The third-order valence-corrected chi connectivity index (χ3v) is 4.04. The summed E-state index contributed by atoms with van der Waals surface area (Å²) in [5.41, 5.74) is 5.76. The third kappa shape index (κ3) is 4.21. The van der Waals surface area contributed by atoms with Gasteiger partial charge in [0.15, 0.2) is 11.7 Å². The van der Waals surface area contributed by atoms with Gasteiger partial charge in [-0.3, -0.25) is 24.6 Å². The van der Waals surface area contributed by atoms with Gasteiger partial charge < -0.3 is 10.5 Å². The van der Waals surface area contributed by atoms with Crippen molar-refractivity contribution >= 4 is 46.8 Å². The van der Waals surface area contributed by atoms with Crippen LogP contribution in [0.15, 0.2) is 54.1 Å². The topological polar surface area (TPSA) is 102 Å². The molecule has 3 N–H and O–H groups in total. The second-order valence-corrected chi connectivity index (χ2v) is 6.14. The van der Waals surface area contributed by atoms with E-state index in [-0.39, 0.29) is 17.3 Å². The first-order valence-corrected chi connectivity index (χ1v) is 8.44. The molecule has 1 aliphatic rings. The standard InChI is InChI=1S/C19H14FN3O4S/c20-12-3-5-13(6-4-12)23-18(26)15(17(25)22-19(23)28)9-11-1-7-14(8-2-11)27-10-16(21)24/h1-9H,10H2,(H2,21,24)(H,22,25,28)/b15-9+. The van der Waals surface area contributed by atoms with Gasteiger partial charge in [0.1, 0.15) is 17.1 Å². The van der Waals surface area contributed by atoms with E-state index in [9.17, 15) is 18.8 Å². The summed E-state index contributed by atoms with van der Waals surface area (Å²) < 4.78 is 18.3. The van der Waals surface area contributed by atoms with Crippen molar-refractivity contribution in [3.63, 3.8) is 0 Å². The highest BCUT2D eigenvalue weighted by atomic mass is 32.1. The number of primary amides is 1. The Labute approximate surface area is 164 Å². The van der Waals surface area contributed by atoms with Crippen LogP contribution >= 0.6 is 12.2 Å². The quantitative estimate of drug-likeness (QED) is 0.451. The summed E-state index contributed by atoms with van der Waals surface area (Å²) in [5, 5.41) is 2.36. The van der Waals surface area contributed by atoms with Crippen molar-refractivity contribution in [2.75, 3.05) is 11.5 Å². The third-order valence-electron chi connectivity index (χ3n) is 3.76. The van der Waals surface area contributed by atoms with E-state index < -0.39 is 23.5 Å². The van der Waals surface area contributed by atoms with Crippen LogP contribution in [0.25, 0.3) is 6.08 Å². The van der Waals surface area contributed by atoms with E-state index in [1.54, 1.807) is 24.3 Å². The maximum absolute atomic E-state index is 13.2. The zero-order chi connectivity index (χ0) is 20.3. The number of hydrogen-bond donors (Lipinski definition) is 2. The molecular weight excluding hydrogens is 385 g/mol. The summed E-state index contributed by atoms with van der Waals surface area (Å²) in [7, 11) is 0. The van der Waals surface area contributed by atoms with Crippen molar-refractivity contribution in [3.8, 4) is 5.75 Å². The van der Waals surface area contributed by atoms with Crippen molar-refractivity contribution in [1.82, 2.24) is 5.32 Å². The number of nitrogens with zero attached hydrogens (tertiary/aromatic N) is 1. The minimum Gasteiger partial charge on any atom is -0.484 e. The van der Waals surface area contributed by atoms with Gasteiger partial charge in [-0.25, -0.2) is 4.39 Å². The highest BCUT2D eigenvalue weighted by Gasteiger charge is 2.34. The Kier molecular flexibility index (Phi) is 5.46. The number of rotatable bonds is 5. The number of anilines is 1. The molecule has 1 fully saturated rings. The first-order valence-electron chi connectivity index (χ1n) is 8.03. The molecule has 0 aromatic heterocycles. The number of ether oxygens (including phenoxy) is 1. The largest absolute Gasteiger partial charge is 0.484 e. The van der Waals surface area contributed by atoms with Crippen LogP contribution in [-0.4, -0.2) is 29.4 Å². The molecular formula is C19H14FN3O4S. The van der Waals surface area contributed by atoms with Crippen molar-refractivity contribution in [1.29, 1.82) is 0 Å². The molecule has 1 heterocycles. The Hall–Kier alpha value is -3.59. The Morgan fingerprint density at radius 1 is 1.14 bits per heavy atom. The van der Waals surface area contributed by atoms with E-state index in [2.05, 4.69) is 5.32 Å². The van der Waals surface area contributed by atoms with Crippen LogP contribution in [0.1, 0.15) is 5.56 Å². The number of thiocarbonyl (C=S) groups is 1. The lowest BCUT2D eigenvalue weighted by Crippen LogP contribution is -2.54. The molecule has 142 valence electrons. The lowest BCUT2D eigenvalue weighted by Gasteiger charge is -2.28. The summed E-state index contributed by atoms with van der Waals surface area (Å²) in [6.45, 7) is -0.259. The highest BCUT2D eigenvalue weighted by Crippen LogP contribution is 2.23. The summed E-state index contributed by atoms with van der Waals surface area (Å²) in [6, 6.07) is 11.5. The van der Waals surface area contributed by atoms with Crippen LogP contribution in [0.3, 0.4) is 0 Å². The SMILES string of the molecule is NC(=O)COc1ccc(/C=C2\C(=O)NC(=S)N(c3ccc(F)cc3)C2=O)cc1. The molecule has 2 aromatic rings. The van der Waals surface area contributed by atoms with Crippen LogP contribution in [0.4, 0.5) is 10.1 Å². The molecule has 0 bridgehead atoms. The van der Waals surface area contributed by atoms with Crippen LogP contribution in [0.2, 0.25) is 0 Å². The Morgan fingerprint density at radius 2 is 1.79 bits per heavy atom. The zero-order valence-corrected chi connectivity index (χ0v) is 15.2. The predicted molar refractivity (Wildman–Crippen MR) is 104 cm³/mol. The summed E-state index contributed by atoms with van der Waals surface area (Å²) in [4.78, 5) is 36.9. The van der Waals surface area contributed by atoms with Crippen molar-refractivity contribution < 1.29 is 23.5 Å². The minimum absolute atomic E-state index is 0.0889. The van der Waals surface area contributed by atoms with E-state index in [1.165, 1.54) is 30.3 Å². The molecule has 1 aliphatic heterocycles. The van der Waals surface area contributed by atoms with Crippen LogP contribution in [-0.2, 0) is 14.4 Å². The number of nitrogens with one attached hydrogen (secondary N) is 1. The van der Waals surface area contributed by atoms with E-state index in [1.807, 2.05) is 0 Å². The Bertz CT molecular complexity index is 987. The number of halogens is 1. The lowest BCUT2D eigenvalue weighted by atomic mass is 10.1. The predicted octanol–water partition coefficient (Wildman–Crippen LogP) is 1.52. The van der Waals surface area contributed by atoms with E-state index in [4.69, 9.17) is 22.7 Å². The van der Waals surface area contributed by atoms with Gasteiger partial charge in [0.05, 0.1) is 5.69 Å². The summed E-state index contributed by atoms with van der Waals surface area (Å²) >= 11 is 5.08. The summed E-state index contributed by atoms with van der Waals surface area (Å²) in [6.07, 6.45) is 1.40. The number of benzene rings is 2. The molecule has 0 spiro atoms. The minimum atomic E-state index is -0.637. The second kappa shape index (κ2) is 7.97. The maximum Gasteiger partial charge on any atom is 0.270 e. The molecule has 0 radical (unpaired) electrons. The van der Waals surface area contributed by atoms with Gasteiger partial charge in [-0.15, -0.1) is 0 Å². The van der Waals surface area contributed by atoms with Gasteiger partial charge in [-0.1, -0.05) is 12.1 Å². The molecule has 28 heavy (non-hydrogen) atoms. The smallest absolute Gasteiger partial charge is 0.270 e.